The Hall–Kier alpha value is -4.38. The standard InChI is InChI=1S/C28H31N7O3S/c1-5-35-17-24(26(32-35)19-8-10-20(11-9-19)30-28(36)34(2)3)22-14-15-29-27-23(22)16-25(31-27)18-6-12-21(13-7-18)33-39(4,37)38/h6-17,23,27,31,33H,5H2,1-4H3,(H,30,36). The van der Waals surface area contributed by atoms with Gasteiger partial charge in [-0.2, -0.15) is 5.10 Å². The van der Waals surface area contributed by atoms with Gasteiger partial charge in [-0.3, -0.25) is 14.4 Å². The summed E-state index contributed by atoms with van der Waals surface area (Å²) in [4.78, 5) is 18.2. The molecule has 5 rings (SSSR count). The van der Waals surface area contributed by atoms with Crippen LogP contribution in [0.2, 0.25) is 0 Å². The Kier molecular flexibility index (Phi) is 7.00. The van der Waals surface area contributed by atoms with E-state index in [0.29, 0.717) is 11.4 Å². The zero-order valence-electron chi connectivity index (χ0n) is 22.2. The first-order chi connectivity index (χ1) is 18.6. The van der Waals surface area contributed by atoms with Gasteiger partial charge in [0.25, 0.3) is 0 Å². The SMILES string of the molecule is CCn1cc(C2=CC=NC3NC(c4ccc(NS(C)(=O)=O)cc4)=CC23)c(-c2ccc(NC(=O)N(C)C)cc2)n1. The third-order valence-corrected chi connectivity index (χ3v) is 7.17. The predicted molar refractivity (Wildman–Crippen MR) is 156 cm³/mol. The minimum Gasteiger partial charge on any atom is -0.363 e. The third kappa shape index (κ3) is 5.73. The molecule has 3 N–H and O–H groups in total. The molecule has 10 nitrogen and oxygen atoms in total. The van der Waals surface area contributed by atoms with Crippen molar-refractivity contribution in [2.75, 3.05) is 30.4 Å². The maximum absolute atomic E-state index is 12.0. The molecule has 0 radical (unpaired) electrons. The van der Waals surface area contributed by atoms with E-state index >= 15 is 0 Å². The summed E-state index contributed by atoms with van der Waals surface area (Å²) in [6.07, 6.45) is 9.07. The molecule has 2 unspecified atom stereocenters. The lowest BCUT2D eigenvalue weighted by atomic mass is 9.88. The van der Waals surface area contributed by atoms with E-state index in [-0.39, 0.29) is 18.1 Å². The van der Waals surface area contributed by atoms with Gasteiger partial charge in [0.05, 0.1) is 11.9 Å². The van der Waals surface area contributed by atoms with Gasteiger partial charge in [0.1, 0.15) is 6.17 Å². The van der Waals surface area contributed by atoms with E-state index in [9.17, 15) is 13.2 Å². The zero-order chi connectivity index (χ0) is 27.7. The molecular formula is C28H31N7O3S. The van der Waals surface area contributed by atoms with Crippen LogP contribution in [0, 0.1) is 5.92 Å². The molecule has 2 atom stereocenters. The molecule has 2 amide bonds. The fraction of sp³-hybridized carbons (Fsp3) is 0.250. The van der Waals surface area contributed by atoms with Crippen molar-refractivity contribution in [3.05, 3.63) is 78.0 Å². The van der Waals surface area contributed by atoms with E-state index in [2.05, 4.69) is 39.5 Å². The fourth-order valence-electron chi connectivity index (χ4n) is 4.62. The van der Waals surface area contributed by atoms with Gasteiger partial charge in [0.15, 0.2) is 0 Å². The molecule has 1 aromatic heterocycles. The van der Waals surface area contributed by atoms with Crippen LogP contribution in [0.3, 0.4) is 0 Å². The van der Waals surface area contributed by atoms with Crippen molar-refractivity contribution in [1.29, 1.82) is 0 Å². The number of aliphatic imine (C=N–C) groups is 1. The Bertz CT molecular complexity index is 1580. The van der Waals surface area contributed by atoms with Crippen molar-refractivity contribution in [2.45, 2.75) is 19.6 Å². The van der Waals surface area contributed by atoms with Crippen LogP contribution in [0.15, 0.2) is 71.9 Å². The second kappa shape index (κ2) is 10.4. The van der Waals surface area contributed by atoms with Gasteiger partial charge in [0, 0.05) is 67.2 Å². The first-order valence-electron chi connectivity index (χ1n) is 12.6. The van der Waals surface area contributed by atoms with Gasteiger partial charge in [0.2, 0.25) is 10.0 Å². The van der Waals surface area contributed by atoms with Crippen molar-refractivity contribution in [3.63, 3.8) is 0 Å². The van der Waals surface area contributed by atoms with Crippen molar-refractivity contribution in [3.8, 4) is 11.3 Å². The molecule has 2 aromatic carbocycles. The number of anilines is 2. The number of carbonyl (C=O) groups excluding carboxylic acids is 1. The number of allylic oxidation sites excluding steroid dienone is 1. The Morgan fingerprint density at radius 2 is 1.72 bits per heavy atom. The molecule has 0 aliphatic carbocycles. The average molecular weight is 546 g/mol. The quantitative estimate of drug-likeness (QED) is 0.413. The van der Waals surface area contributed by atoms with E-state index < -0.39 is 10.0 Å². The largest absolute Gasteiger partial charge is 0.363 e. The van der Waals surface area contributed by atoms with Crippen LogP contribution in [0.25, 0.3) is 22.5 Å². The van der Waals surface area contributed by atoms with Crippen LogP contribution in [0.5, 0.6) is 0 Å². The second-order valence-electron chi connectivity index (χ2n) is 9.72. The average Bonchev–Trinajstić information content (AvgIpc) is 3.53. The van der Waals surface area contributed by atoms with Gasteiger partial charge >= 0.3 is 6.03 Å². The number of hydrogen-bond acceptors (Lipinski definition) is 6. The molecule has 2 aliphatic heterocycles. The normalized spacial score (nSPS) is 18.1. The van der Waals surface area contributed by atoms with Crippen LogP contribution in [-0.4, -0.2) is 61.9 Å². The molecule has 202 valence electrons. The number of nitrogens with one attached hydrogen (secondary N) is 3. The number of sulfonamides is 1. The summed E-state index contributed by atoms with van der Waals surface area (Å²) in [5.74, 6) is -0.00858. The van der Waals surface area contributed by atoms with Crippen molar-refractivity contribution in [1.82, 2.24) is 20.0 Å². The maximum atomic E-state index is 12.0. The molecule has 3 aromatic rings. The second-order valence-corrected chi connectivity index (χ2v) is 11.5. The van der Waals surface area contributed by atoms with Crippen LogP contribution >= 0.6 is 0 Å². The number of hydrogen-bond donors (Lipinski definition) is 3. The van der Waals surface area contributed by atoms with Crippen LogP contribution < -0.4 is 15.4 Å². The lowest BCUT2D eigenvalue weighted by Gasteiger charge is -2.22. The molecule has 0 bridgehead atoms. The Morgan fingerprint density at radius 1 is 1.05 bits per heavy atom. The number of aryl methyl sites for hydroxylation is 1. The summed E-state index contributed by atoms with van der Waals surface area (Å²) in [7, 11) is 0.0606. The molecular weight excluding hydrogens is 514 g/mol. The molecule has 0 spiro atoms. The smallest absolute Gasteiger partial charge is 0.321 e. The number of fused-ring (bicyclic) bond motifs is 1. The molecule has 0 saturated heterocycles. The van der Waals surface area contributed by atoms with E-state index in [1.807, 2.05) is 53.4 Å². The van der Waals surface area contributed by atoms with Crippen LogP contribution in [-0.2, 0) is 16.6 Å². The lowest BCUT2D eigenvalue weighted by molar-refractivity contribution is 0.230. The summed E-state index contributed by atoms with van der Waals surface area (Å²) in [5.41, 5.74) is 7.04. The van der Waals surface area contributed by atoms with Crippen molar-refractivity contribution in [2.24, 2.45) is 10.9 Å². The summed E-state index contributed by atoms with van der Waals surface area (Å²) in [6.45, 7) is 2.78. The number of aromatic nitrogens is 2. The number of benzene rings is 2. The summed E-state index contributed by atoms with van der Waals surface area (Å²) in [5, 5.41) is 11.2. The predicted octanol–water partition coefficient (Wildman–Crippen LogP) is 4.09. The summed E-state index contributed by atoms with van der Waals surface area (Å²) in [6, 6.07) is 14.8. The van der Waals surface area contributed by atoms with E-state index in [0.717, 1.165) is 46.5 Å². The van der Waals surface area contributed by atoms with Gasteiger partial charge in [-0.05, 0) is 54.5 Å². The van der Waals surface area contributed by atoms with Gasteiger partial charge in [-0.25, -0.2) is 13.2 Å². The summed E-state index contributed by atoms with van der Waals surface area (Å²) < 4.78 is 27.5. The van der Waals surface area contributed by atoms with E-state index in [1.165, 1.54) is 4.90 Å². The number of dihydropyridines is 1. The highest BCUT2D eigenvalue weighted by Crippen LogP contribution is 2.40. The Morgan fingerprint density at radius 3 is 2.36 bits per heavy atom. The zero-order valence-corrected chi connectivity index (χ0v) is 23.0. The fourth-order valence-corrected chi connectivity index (χ4v) is 5.18. The minimum absolute atomic E-state index is 0.00858. The molecule has 3 heterocycles. The maximum Gasteiger partial charge on any atom is 0.321 e. The topological polar surface area (TPSA) is 121 Å². The lowest BCUT2D eigenvalue weighted by Crippen LogP contribution is -2.28. The molecule has 39 heavy (non-hydrogen) atoms. The van der Waals surface area contributed by atoms with Crippen molar-refractivity contribution < 1.29 is 13.2 Å². The Balaban J connectivity index is 1.44. The van der Waals surface area contributed by atoms with E-state index in [1.54, 1.807) is 26.2 Å². The van der Waals surface area contributed by atoms with Crippen molar-refractivity contribution >= 4 is 44.9 Å². The monoisotopic (exact) mass is 545 g/mol. The number of carbonyl (C=O) groups is 1. The highest BCUT2D eigenvalue weighted by Gasteiger charge is 2.33. The Labute approximate surface area is 228 Å². The van der Waals surface area contributed by atoms with Gasteiger partial charge in [-0.1, -0.05) is 24.3 Å². The molecule has 0 fully saturated rings. The number of amides is 2. The first-order valence-corrected chi connectivity index (χ1v) is 14.5. The third-order valence-electron chi connectivity index (χ3n) is 6.56. The number of urea groups is 1. The highest BCUT2D eigenvalue weighted by molar-refractivity contribution is 7.92. The van der Waals surface area contributed by atoms with E-state index in [4.69, 9.17) is 5.10 Å². The van der Waals surface area contributed by atoms with Gasteiger partial charge in [-0.15, -0.1) is 0 Å². The first kappa shape index (κ1) is 26.2. The molecule has 11 heteroatoms. The molecule has 0 saturated carbocycles. The summed E-state index contributed by atoms with van der Waals surface area (Å²) >= 11 is 0. The van der Waals surface area contributed by atoms with Crippen LogP contribution in [0.4, 0.5) is 16.2 Å². The number of nitrogens with zero attached hydrogens (tertiary/aromatic N) is 4. The van der Waals surface area contributed by atoms with Gasteiger partial charge < -0.3 is 15.5 Å². The highest BCUT2D eigenvalue weighted by atomic mass is 32.2. The van der Waals surface area contributed by atoms with Crippen LogP contribution in [0.1, 0.15) is 18.1 Å². The number of rotatable bonds is 7. The minimum atomic E-state index is -3.34. The molecule has 2 aliphatic rings.